The van der Waals surface area contributed by atoms with E-state index in [2.05, 4.69) is 19.7 Å². The predicted octanol–water partition coefficient (Wildman–Crippen LogP) is 3.00. The van der Waals surface area contributed by atoms with Crippen LogP contribution in [-0.4, -0.2) is 19.7 Å². The lowest BCUT2D eigenvalue weighted by Crippen LogP contribution is -1.97. The minimum Gasteiger partial charge on any atom is -0.382 e. The summed E-state index contributed by atoms with van der Waals surface area (Å²) in [6.45, 7) is 0. The SMILES string of the molecule is Nc1cc(-c2nc3ccc(Cl)cc3n2C2CC2)[nH]n1. The van der Waals surface area contributed by atoms with Crippen molar-refractivity contribution in [2.45, 2.75) is 18.9 Å². The van der Waals surface area contributed by atoms with Gasteiger partial charge >= 0.3 is 0 Å². The van der Waals surface area contributed by atoms with Gasteiger partial charge in [-0.2, -0.15) is 5.10 Å². The predicted molar refractivity (Wildman–Crippen MR) is 75.0 cm³/mol. The molecule has 0 unspecified atom stereocenters. The largest absolute Gasteiger partial charge is 0.382 e. The number of aromatic nitrogens is 4. The van der Waals surface area contributed by atoms with Gasteiger partial charge in [-0.25, -0.2) is 4.98 Å². The standard InChI is InChI=1S/C13H12ClN5/c14-7-1-4-9-11(5-7)19(8-2-3-8)13(16-9)10-6-12(15)18-17-10/h1,4-6,8H,2-3H2,(H3,15,17,18). The molecule has 2 aromatic heterocycles. The Morgan fingerprint density at radius 1 is 1.32 bits per heavy atom. The fourth-order valence-corrected chi connectivity index (χ4v) is 2.58. The van der Waals surface area contributed by atoms with Crippen LogP contribution in [0.2, 0.25) is 5.02 Å². The quantitative estimate of drug-likeness (QED) is 0.754. The van der Waals surface area contributed by atoms with Gasteiger partial charge in [0.2, 0.25) is 0 Å². The van der Waals surface area contributed by atoms with Gasteiger partial charge in [0.25, 0.3) is 0 Å². The summed E-state index contributed by atoms with van der Waals surface area (Å²) in [5, 5.41) is 7.63. The number of hydrogen-bond donors (Lipinski definition) is 2. The molecule has 6 heteroatoms. The molecule has 0 saturated heterocycles. The third-order valence-electron chi connectivity index (χ3n) is 3.40. The minimum absolute atomic E-state index is 0.474. The molecule has 0 spiro atoms. The highest BCUT2D eigenvalue weighted by molar-refractivity contribution is 6.31. The van der Waals surface area contributed by atoms with E-state index in [0.717, 1.165) is 27.6 Å². The molecule has 5 nitrogen and oxygen atoms in total. The molecular formula is C13H12ClN5. The van der Waals surface area contributed by atoms with E-state index in [0.29, 0.717) is 11.9 Å². The van der Waals surface area contributed by atoms with Crippen LogP contribution in [0.15, 0.2) is 24.3 Å². The summed E-state index contributed by atoms with van der Waals surface area (Å²) in [6.07, 6.45) is 2.35. The minimum atomic E-state index is 0.474. The zero-order chi connectivity index (χ0) is 13.0. The van der Waals surface area contributed by atoms with Crippen molar-refractivity contribution < 1.29 is 0 Å². The van der Waals surface area contributed by atoms with Gasteiger partial charge in [-0.15, -0.1) is 0 Å². The Morgan fingerprint density at radius 3 is 2.84 bits per heavy atom. The van der Waals surface area contributed by atoms with E-state index in [1.54, 1.807) is 0 Å². The van der Waals surface area contributed by atoms with Crippen molar-refractivity contribution in [1.29, 1.82) is 0 Å². The Kier molecular flexibility index (Phi) is 2.14. The average Bonchev–Trinajstić information content (AvgIpc) is 3.02. The molecule has 1 aliphatic carbocycles. The smallest absolute Gasteiger partial charge is 0.159 e. The van der Waals surface area contributed by atoms with Crippen molar-refractivity contribution >= 4 is 28.5 Å². The van der Waals surface area contributed by atoms with Crippen molar-refractivity contribution in [2.24, 2.45) is 0 Å². The molecule has 2 heterocycles. The van der Waals surface area contributed by atoms with Crippen LogP contribution < -0.4 is 5.73 Å². The van der Waals surface area contributed by atoms with Crippen LogP contribution in [0, 0.1) is 0 Å². The fraction of sp³-hybridized carbons (Fsp3) is 0.231. The molecule has 0 bridgehead atoms. The number of anilines is 1. The van der Waals surface area contributed by atoms with Crippen molar-refractivity contribution in [3.05, 3.63) is 29.3 Å². The summed E-state index contributed by atoms with van der Waals surface area (Å²) in [6, 6.07) is 8.08. The maximum atomic E-state index is 6.09. The van der Waals surface area contributed by atoms with Crippen LogP contribution in [0.1, 0.15) is 18.9 Å². The molecule has 1 fully saturated rings. The molecule has 96 valence electrons. The van der Waals surface area contributed by atoms with Crippen molar-refractivity contribution in [2.75, 3.05) is 5.73 Å². The maximum absolute atomic E-state index is 6.09. The van der Waals surface area contributed by atoms with Crippen LogP contribution in [0.4, 0.5) is 5.82 Å². The first kappa shape index (κ1) is 10.9. The topological polar surface area (TPSA) is 72.5 Å². The lowest BCUT2D eigenvalue weighted by molar-refractivity contribution is 0.771. The molecule has 3 N–H and O–H groups in total. The Balaban J connectivity index is 2.01. The van der Waals surface area contributed by atoms with Gasteiger partial charge in [0.15, 0.2) is 5.82 Å². The number of nitrogens with two attached hydrogens (primary N) is 1. The van der Waals surface area contributed by atoms with E-state index in [1.807, 2.05) is 24.3 Å². The average molecular weight is 274 g/mol. The Bertz CT molecular complexity index is 769. The highest BCUT2D eigenvalue weighted by Crippen LogP contribution is 2.41. The maximum Gasteiger partial charge on any atom is 0.159 e. The molecule has 0 amide bonds. The van der Waals surface area contributed by atoms with Gasteiger partial charge in [0.1, 0.15) is 11.5 Å². The summed E-state index contributed by atoms with van der Waals surface area (Å²) in [5.41, 5.74) is 8.53. The third kappa shape index (κ3) is 1.69. The van der Waals surface area contributed by atoms with E-state index < -0.39 is 0 Å². The van der Waals surface area contributed by atoms with Gasteiger partial charge in [0, 0.05) is 17.1 Å². The second-order valence-electron chi connectivity index (χ2n) is 4.88. The summed E-state index contributed by atoms with van der Waals surface area (Å²) < 4.78 is 2.23. The van der Waals surface area contributed by atoms with Gasteiger partial charge in [-0.3, -0.25) is 5.10 Å². The molecule has 0 radical (unpaired) electrons. The first-order chi connectivity index (χ1) is 9.22. The number of nitrogen functional groups attached to an aromatic ring is 1. The molecule has 1 aliphatic rings. The zero-order valence-corrected chi connectivity index (χ0v) is 10.9. The zero-order valence-electron chi connectivity index (χ0n) is 10.1. The first-order valence-electron chi connectivity index (χ1n) is 6.21. The molecule has 0 atom stereocenters. The van der Waals surface area contributed by atoms with E-state index in [9.17, 15) is 0 Å². The van der Waals surface area contributed by atoms with E-state index in [1.165, 1.54) is 12.8 Å². The van der Waals surface area contributed by atoms with Gasteiger partial charge in [-0.05, 0) is 31.0 Å². The van der Waals surface area contributed by atoms with Crippen LogP contribution in [0.25, 0.3) is 22.6 Å². The number of nitrogens with zero attached hydrogens (tertiary/aromatic N) is 3. The highest BCUT2D eigenvalue weighted by atomic mass is 35.5. The normalized spacial score (nSPS) is 15.2. The van der Waals surface area contributed by atoms with E-state index in [-0.39, 0.29) is 0 Å². The number of imidazole rings is 1. The summed E-state index contributed by atoms with van der Waals surface area (Å²) in [7, 11) is 0. The van der Waals surface area contributed by atoms with Crippen LogP contribution in [0.3, 0.4) is 0 Å². The van der Waals surface area contributed by atoms with E-state index in [4.69, 9.17) is 17.3 Å². The van der Waals surface area contributed by atoms with Crippen LogP contribution >= 0.6 is 11.6 Å². The fourth-order valence-electron chi connectivity index (χ4n) is 2.41. The summed E-state index contributed by atoms with van der Waals surface area (Å²) >= 11 is 6.09. The number of benzene rings is 1. The molecule has 3 aromatic rings. The third-order valence-corrected chi connectivity index (χ3v) is 3.64. The number of fused-ring (bicyclic) bond motifs is 1. The summed E-state index contributed by atoms with van der Waals surface area (Å²) in [4.78, 5) is 4.68. The van der Waals surface area contributed by atoms with Gasteiger partial charge in [-0.1, -0.05) is 11.6 Å². The number of hydrogen-bond acceptors (Lipinski definition) is 3. The molecular weight excluding hydrogens is 262 g/mol. The highest BCUT2D eigenvalue weighted by Gasteiger charge is 2.29. The number of rotatable bonds is 2. The Hall–Kier alpha value is -2.01. The number of H-pyrrole nitrogens is 1. The van der Waals surface area contributed by atoms with Crippen LogP contribution in [0.5, 0.6) is 0 Å². The van der Waals surface area contributed by atoms with Crippen molar-refractivity contribution in [1.82, 2.24) is 19.7 Å². The first-order valence-corrected chi connectivity index (χ1v) is 6.59. The second kappa shape index (κ2) is 3.74. The lowest BCUT2D eigenvalue weighted by atomic mass is 10.3. The molecule has 19 heavy (non-hydrogen) atoms. The van der Waals surface area contributed by atoms with Gasteiger partial charge in [0.05, 0.1) is 11.0 Å². The van der Waals surface area contributed by atoms with Crippen molar-refractivity contribution in [3.8, 4) is 11.5 Å². The van der Waals surface area contributed by atoms with Crippen LogP contribution in [-0.2, 0) is 0 Å². The molecule has 1 saturated carbocycles. The molecule has 4 rings (SSSR count). The lowest BCUT2D eigenvalue weighted by Gasteiger charge is -2.05. The van der Waals surface area contributed by atoms with Crippen molar-refractivity contribution in [3.63, 3.8) is 0 Å². The monoisotopic (exact) mass is 273 g/mol. The summed E-state index contributed by atoms with van der Waals surface area (Å²) in [5.74, 6) is 1.35. The molecule has 0 aliphatic heterocycles. The number of halogens is 1. The van der Waals surface area contributed by atoms with Gasteiger partial charge < -0.3 is 10.3 Å². The Labute approximate surface area is 114 Å². The molecule has 1 aromatic carbocycles. The number of nitrogens with one attached hydrogen (secondary N) is 1. The second-order valence-corrected chi connectivity index (χ2v) is 5.31. The Morgan fingerprint density at radius 2 is 2.16 bits per heavy atom. The van der Waals surface area contributed by atoms with E-state index >= 15 is 0 Å². The number of aromatic amines is 1.